The Morgan fingerprint density at radius 3 is 2.36 bits per heavy atom. The number of Topliss-reactive ketones (excluding diaryl/α,β-unsaturated/α-hetero) is 1. The Bertz CT molecular complexity index is 782. The topological polar surface area (TPSA) is 40.5 Å². The molecule has 0 atom stereocenters. The minimum atomic E-state index is -0.811. The predicted molar refractivity (Wildman–Crippen MR) is 99.6 cm³/mol. The van der Waals surface area contributed by atoms with E-state index in [9.17, 15) is 9.90 Å². The lowest BCUT2D eigenvalue weighted by molar-refractivity contribution is -0.0230. The van der Waals surface area contributed by atoms with Gasteiger partial charge in [0.05, 0.1) is 12.1 Å². The Labute approximate surface area is 153 Å². The molecular formula is C21H20ClNO2. The first-order chi connectivity index (χ1) is 12.1. The first kappa shape index (κ1) is 17.7. The van der Waals surface area contributed by atoms with Gasteiger partial charge in [0.1, 0.15) is 0 Å². The van der Waals surface area contributed by atoms with Crippen LogP contribution < -0.4 is 0 Å². The maximum Gasteiger partial charge on any atom is 0.235 e. The van der Waals surface area contributed by atoms with Crippen molar-refractivity contribution in [1.82, 2.24) is 4.90 Å². The van der Waals surface area contributed by atoms with Crippen molar-refractivity contribution in [2.24, 2.45) is 0 Å². The van der Waals surface area contributed by atoms with Gasteiger partial charge >= 0.3 is 0 Å². The highest BCUT2D eigenvalue weighted by molar-refractivity contribution is 6.30. The summed E-state index contributed by atoms with van der Waals surface area (Å²) in [6.45, 7) is 2.02. The van der Waals surface area contributed by atoms with Gasteiger partial charge in [-0.25, -0.2) is 0 Å². The second-order valence-corrected chi connectivity index (χ2v) is 6.75. The average molecular weight is 354 g/mol. The van der Waals surface area contributed by atoms with E-state index in [2.05, 4.69) is 16.7 Å². The number of nitrogens with zero attached hydrogens (tertiary/aromatic N) is 1. The van der Waals surface area contributed by atoms with Gasteiger partial charge in [-0.3, -0.25) is 9.69 Å². The molecule has 2 aromatic rings. The van der Waals surface area contributed by atoms with Gasteiger partial charge in [0.2, 0.25) is 5.78 Å². The Morgan fingerprint density at radius 2 is 1.72 bits per heavy atom. The zero-order chi connectivity index (χ0) is 17.7. The summed E-state index contributed by atoms with van der Waals surface area (Å²) in [5.74, 6) is 5.50. The number of piperidine rings is 1. The van der Waals surface area contributed by atoms with E-state index in [0.717, 1.165) is 18.7 Å². The molecule has 1 saturated heterocycles. The minimum absolute atomic E-state index is 0.157. The van der Waals surface area contributed by atoms with Gasteiger partial charge in [0.15, 0.2) is 0 Å². The van der Waals surface area contributed by atoms with Gasteiger partial charge in [-0.05, 0) is 36.5 Å². The molecule has 2 aromatic carbocycles. The molecule has 1 aliphatic heterocycles. The highest BCUT2D eigenvalue weighted by atomic mass is 35.5. The van der Waals surface area contributed by atoms with E-state index >= 15 is 0 Å². The molecule has 0 unspecified atom stereocenters. The first-order valence-corrected chi connectivity index (χ1v) is 8.74. The molecule has 25 heavy (non-hydrogen) atoms. The first-order valence-electron chi connectivity index (χ1n) is 8.36. The number of benzene rings is 2. The maximum absolute atomic E-state index is 12.0. The van der Waals surface area contributed by atoms with Crippen LogP contribution in [0.15, 0.2) is 54.6 Å². The van der Waals surface area contributed by atoms with Crippen LogP contribution >= 0.6 is 11.6 Å². The molecule has 0 aromatic heterocycles. The van der Waals surface area contributed by atoms with Crippen LogP contribution in [-0.4, -0.2) is 35.4 Å². The smallest absolute Gasteiger partial charge is 0.235 e. The van der Waals surface area contributed by atoms with Crippen LogP contribution in [0.4, 0.5) is 0 Å². The number of aliphatic hydroxyl groups is 1. The molecule has 0 radical (unpaired) electrons. The minimum Gasteiger partial charge on any atom is -0.385 e. The summed E-state index contributed by atoms with van der Waals surface area (Å²) in [7, 11) is 0. The fourth-order valence-corrected chi connectivity index (χ4v) is 3.15. The van der Waals surface area contributed by atoms with E-state index in [-0.39, 0.29) is 5.78 Å². The van der Waals surface area contributed by atoms with E-state index in [0.29, 0.717) is 30.0 Å². The van der Waals surface area contributed by atoms with Crippen molar-refractivity contribution in [2.45, 2.75) is 18.4 Å². The van der Waals surface area contributed by atoms with Gasteiger partial charge in [-0.2, -0.15) is 0 Å². The van der Waals surface area contributed by atoms with E-state index in [4.69, 9.17) is 11.6 Å². The number of rotatable bonds is 3. The molecule has 1 heterocycles. The molecule has 0 aliphatic carbocycles. The number of hydrogen-bond acceptors (Lipinski definition) is 3. The third kappa shape index (κ3) is 4.49. The molecule has 1 aliphatic rings. The van der Waals surface area contributed by atoms with Gasteiger partial charge in [-0.15, -0.1) is 0 Å². The summed E-state index contributed by atoms with van der Waals surface area (Å²) >= 11 is 5.91. The van der Waals surface area contributed by atoms with E-state index in [1.54, 1.807) is 12.1 Å². The second kappa shape index (κ2) is 7.84. The number of carbonyl (C=O) groups is 1. The Kier molecular flexibility index (Phi) is 5.55. The summed E-state index contributed by atoms with van der Waals surface area (Å²) in [4.78, 5) is 14.1. The lowest BCUT2D eigenvalue weighted by Gasteiger charge is -2.37. The molecule has 128 valence electrons. The standard InChI is InChI=1S/C21H20ClNO2/c22-19-10-8-18(9-11-19)21(25)12-15-23(16-13-21)14-4-7-20(24)17-5-2-1-3-6-17/h1-3,5-6,8-11,25H,12-16H2. The van der Waals surface area contributed by atoms with Crippen molar-refractivity contribution < 1.29 is 9.90 Å². The molecule has 4 heteroatoms. The van der Waals surface area contributed by atoms with Gasteiger partial charge in [-0.1, -0.05) is 60.0 Å². The third-order valence-corrected chi connectivity index (χ3v) is 4.86. The molecule has 0 saturated carbocycles. The largest absolute Gasteiger partial charge is 0.385 e. The summed E-state index contributed by atoms with van der Waals surface area (Å²) in [5, 5.41) is 11.5. The van der Waals surface area contributed by atoms with Crippen LogP contribution in [0.3, 0.4) is 0 Å². The molecule has 0 spiro atoms. The van der Waals surface area contributed by atoms with Crippen molar-refractivity contribution in [3.8, 4) is 11.8 Å². The predicted octanol–water partition coefficient (Wildman–Crippen LogP) is 3.51. The Hall–Kier alpha value is -2.12. The highest BCUT2D eigenvalue weighted by Crippen LogP contribution is 2.33. The van der Waals surface area contributed by atoms with Crippen LogP contribution in [0.1, 0.15) is 28.8 Å². The monoisotopic (exact) mass is 353 g/mol. The number of halogens is 1. The van der Waals surface area contributed by atoms with Crippen molar-refractivity contribution in [2.75, 3.05) is 19.6 Å². The average Bonchev–Trinajstić information content (AvgIpc) is 2.64. The van der Waals surface area contributed by atoms with E-state index < -0.39 is 5.60 Å². The Morgan fingerprint density at radius 1 is 1.08 bits per heavy atom. The van der Waals surface area contributed by atoms with Crippen LogP contribution in [0.5, 0.6) is 0 Å². The number of likely N-dealkylation sites (tertiary alicyclic amines) is 1. The van der Waals surface area contributed by atoms with Crippen molar-refractivity contribution in [3.63, 3.8) is 0 Å². The lowest BCUT2D eigenvalue weighted by atomic mass is 9.84. The quantitative estimate of drug-likeness (QED) is 0.521. The second-order valence-electron chi connectivity index (χ2n) is 6.31. The lowest BCUT2D eigenvalue weighted by Crippen LogP contribution is -2.42. The third-order valence-electron chi connectivity index (χ3n) is 4.61. The van der Waals surface area contributed by atoms with Crippen molar-refractivity contribution in [3.05, 3.63) is 70.7 Å². The normalized spacial score (nSPS) is 16.7. The van der Waals surface area contributed by atoms with Crippen molar-refractivity contribution in [1.29, 1.82) is 0 Å². The summed E-state index contributed by atoms with van der Waals surface area (Å²) in [5.41, 5.74) is 0.710. The number of hydrogen-bond donors (Lipinski definition) is 1. The molecule has 3 nitrogen and oxygen atoms in total. The molecule has 0 amide bonds. The zero-order valence-corrected chi connectivity index (χ0v) is 14.7. The molecule has 1 fully saturated rings. The van der Waals surface area contributed by atoms with Gasteiger partial charge in [0.25, 0.3) is 0 Å². The van der Waals surface area contributed by atoms with Crippen LogP contribution in [0.25, 0.3) is 0 Å². The SMILES string of the molecule is O=C(C#CCN1CCC(O)(c2ccc(Cl)cc2)CC1)c1ccccc1. The van der Waals surface area contributed by atoms with Gasteiger partial charge < -0.3 is 5.11 Å². The summed E-state index contributed by atoms with van der Waals surface area (Å²) < 4.78 is 0. The molecular weight excluding hydrogens is 334 g/mol. The molecule has 3 rings (SSSR count). The summed E-state index contributed by atoms with van der Waals surface area (Å²) in [6, 6.07) is 16.5. The molecule has 0 bridgehead atoms. The zero-order valence-electron chi connectivity index (χ0n) is 13.9. The van der Waals surface area contributed by atoms with Crippen molar-refractivity contribution >= 4 is 17.4 Å². The fraction of sp³-hybridized carbons (Fsp3) is 0.286. The number of ketones is 1. The van der Waals surface area contributed by atoms with Gasteiger partial charge in [0, 0.05) is 23.7 Å². The van der Waals surface area contributed by atoms with E-state index in [1.807, 2.05) is 42.5 Å². The van der Waals surface area contributed by atoms with Crippen LogP contribution in [-0.2, 0) is 5.60 Å². The summed E-state index contributed by atoms with van der Waals surface area (Å²) in [6.07, 6.45) is 1.28. The Balaban J connectivity index is 1.54. The number of carbonyl (C=O) groups excluding carboxylic acids is 1. The maximum atomic E-state index is 12.0. The van der Waals surface area contributed by atoms with E-state index in [1.165, 1.54) is 0 Å². The fourth-order valence-electron chi connectivity index (χ4n) is 3.02. The molecule has 1 N–H and O–H groups in total. The van der Waals surface area contributed by atoms with Crippen LogP contribution in [0, 0.1) is 11.8 Å². The van der Waals surface area contributed by atoms with Crippen LogP contribution in [0.2, 0.25) is 5.02 Å². The highest BCUT2D eigenvalue weighted by Gasteiger charge is 2.33.